The van der Waals surface area contributed by atoms with Crippen LogP contribution in [0.5, 0.6) is 0 Å². The number of benzene rings is 2. The lowest BCUT2D eigenvalue weighted by Gasteiger charge is -2.20. The fourth-order valence-corrected chi connectivity index (χ4v) is 3.52. The van der Waals surface area contributed by atoms with E-state index in [9.17, 15) is 18.5 Å². The monoisotopic (exact) mass is 398 g/mol. The Morgan fingerprint density at radius 1 is 1.09 bits per heavy atom. The number of hydrogen-bond donors (Lipinski definition) is 0. The molecular weight excluding hydrogens is 384 g/mol. The van der Waals surface area contributed by atoms with Crippen molar-refractivity contribution in [1.82, 2.24) is 0 Å². The molecule has 0 aliphatic rings. The van der Waals surface area contributed by atoms with Gasteiger partial charge in [-0.05, 0) is 43.7 Å². The van der Waals surface area contributed by atoms with Gasteiger partial charge >= 0.3 is 0 Å². The minimum absolute atomic E-state index is 0.113. The molecule has 0 unspecified atom stereocenters. The fourth-order valence-electron chi connectivity index (χ4n) is 2.07. The Labute approximate surface area is 143 Å². The number of anilines is 1. The molecule has 6 nitrogen and oxygen atoms in total. The number of hydrogen-bond acceptors (Lipinski definition) is 4. The van der Waals surface area contributed by atoms with Crippen molar-refractivity contribution < 1.29 is 13.3 Å². The molecule has 0 aromatic heterocycles. The van der Waals surface area contributed by atoms with E-state index in [0.29, 0.717) is 11.3 Å². The van der Waals surface area contributed by atoms with Gasteiger partial charge in [0.1, 0.15) is 0 Å². The summed E-state index contributed by atoms with van der Waals surface area (Å²) < 4.78 is 27.4. The summed E-state index contributed by atoms with van der Waals surface area (Å²) in [6.45, 7) is 3.42. The van der Waals surface area contributed by atoms with Crippen LogP contribution in [0.2, 0.25) is 0 Å². The molecule has 0 saturated heterocycles. The number of halogens is 1. The van der Waals surface area contributed by atoms with Crippen molar-refractivity contribution in [2.45, 2.75) is 18.7 Å². The average Bonchev–Trinajstić information content (AvgIpc) is 2.49. The van der Waals surface area contributed by atoms with Crippen LogP contribution in [0.4, 0.5) is 11.4 Å². The smallest absolute Gasteiger partial charge is 0.269 e. The summed E-state index contributed by atoms with van der Waals surface area (Å²) in [6.07, 6.45) is 0. The Morgan fingerprint density at radius 2 is 1.74 bits per heavy atom. The molecule has 2 rings (SSSR count). The molecular formula is C15H15BrN2O4S. The van der Waals surface area contributed by atoms with Crippen molar-refractivity contribution in [2.24, 2.45) is 0 Å². The molecule has 2 aromatic rings. The molecule has 0 atom stereocenters. The lowest BCUT2D eigenvalue weighted by atomic mass is 10.2. The van der Waals surface area contributed by atoms with Crippen molar-refractivity contribution in [2.75, 3.05) is 11.4 Å². The van der Waals surface area contributed by atoms with Crippen LogP contribution in [0.3, 0.4) is 0 Å². The summed E-state index contributed by atoms with van der Waals surface area (Å²) in [5.74, 6) is 0. The van der Waals surface area contributed by atoms with Gasteiger partial charge in [0.25, 0.3) is 15.7 Å². The second kappa shape index (κ2) is 6.29. The van der Waals surface area contributed by atoms with Gasteiger partial charge in [-0.3, -0.25) is 14.4 Å². The maximum atomic E-state index is 12.7. The number of nitro groups is 1. The summed E-state index contributed by atoms with van der Waals surface area (Å²) in [5.41, 5.74) is 1.57. The van der Waals surface area contributed by atoms with Crippen LogP contribution in [-0.2, 0) is 10.0 Å². The third-order valence-corrected chi connectivity index (χ3v) is 6.21. The molecule has 23 heavy (non-hydrogen) atoms. The number of rotatable bonds is 4. The maximum absolute atomic E-state index is 12.7. The Kier molecular flexibility index (Phi) is 4.76. The molecule has 0 amide bonds. The Morgan fingerprint density at radius 3 is 2.30 bits per heavy atom. The molecule has 0 spiro atoms. The summed E-state index contributed by atoms with van der Waals surface area (Å²) in [4.78, 5) is 10.3. The SMILES string of the molecule is Cc1cc(N(C)S(=O)(=O)c2ccc(C)c([N+](=O)[O-])c2)ccc1Br. The van der Waals surface area contributed by atoms with E-state index in [-0.39, 0.29) is 10.6 Å². The molecule has 0 aliphatic heterocycles. The zero-order valence-corrected chi connectivity index (χ0v) is 15.2. The van der Waals surface area contributed by atoms with Gasteiger partial charge in [0.15, 0.2) is 0 Å². The first-order valence-corrected chi connectivity index (χ1v) is 8.88. The lowest BCUT2D eigenvalue weighted by Crippen LogP contribution is -2.26. The molecule has 0 heterocycles. The van der Waals surface area contributed by atoms with Gasteiger partial charge < -0.3 is 0 Å². The van der Waals surface area contributed by atoms with Gasteiger partial charge in [0.2, 0.25) is 0 Å². The summed E-state index contributed by atoms with van der Waals surface area (Å²) >= 11 is 3.36. The van der Waals surface area contributed by atoms with Crippen LogP contribution in [-0.4, -0.2) is 20.4 Å². The van der Waals surface area contributed by atoms with Gasteiger partial charge in [-0.2, -0.15) is 0 Å². The van der Waals surface area contributed by atoms with E-state index in [2.05, 4.69) is 15.9 Å². The fraction of sp³-hybridized carbons (Fsp3) is 0.200. The van der Waals surface area contributed by atoms with E-state index in [4.69, 9.17) is 0 Å². The highest BCUT2D eigenvalue weighted by molar-refractivity contribution is 9.10. The quantitative estimate of drug-likeness (QED) is 0.579. The van der Waals surface area contributed by atoms with Crippen molar-refractivity contribution in [1.29, 1.82) is 0 Å². The van der Waals surface area contributed by atoms with E-state index in [1.54, 1.807) is 25.1 Å². The van der Waals surface area contributed by atoms with Gasteiger partial charge in [-0.15, -0.1) is 0 Å². The van der Waals surface area contributed by atoms with Crippen molar-refractivity contribution >= 4 is 37.3 Å². The minimum atomic E-state index is -3.88. The van der Waals surface area contributed by atoms with Crippen LogP contribution < -0.4 is 4.31 Å². The number of nitrogens with zero attached hydrogens (tertiary/aromatic N) is 2. The van der Waals surface area contributed by atoms with Crippen LogP contribution in [0.25, 0.3) is 0 Å². The van der Waals surface area contributed by atoms with Crippen LogP contribution >= 0.6 is 15.9 Å². The third kappa shape index (κ3) is 3.37. The topological polar surface area (TPSA) is 80.5 Å². The first-order valence-electron chi connectivity index (χ1n) is 6.64. The molecule has 0 fully saturated rings. The van der Waals surface area contributed by atoms with Crippen molar-refractivity contribution in [3.63, 3.8) is 0 Å². The number of nitro benzene ring substituents is 1. The Balaban J connectivity index is 2.51. The summed E-state index contributed by atoms with van der Waals surface area (Å²) in [5, 5.41) is 11.0. The highest BCUT2D eigenvalue weighted by Gasteiger charge is 2.24. The van der Waals surface area contributed by atoms with E-state index in [0.717, 1.165) is 20.4 Å². The predicted octanol–water partition coefficient (Wildman–Crippen LogP) is 3.80. The van der Waals surface area contributed by atoms with Crippen molar-refractivity contribution in [3.05, 3.63) is 62.1 Å². The van der Waals surface area contributed by atoms with Gasteiger partial charge in [-0.25, -0.2) is 8.42 Å². The minimum Gasteiger partial charge on any atom is -0.269 e. The van der Waals surface area contributed by atoms with Gasteiger partial charge in [0.05, 0.1) is 15.5 Å². The van der Waals surface area contributed by atoms with E-state index in [1.165, 1.54) is 19.2 Å². The zero-order chi connectivity index (χ0) is 17.4. The van der Waals surface area contributed by atoms with E-state index in [1.807, 2.05) is 6.92 Å². The first-order chi connectivity index (χ1) is 10.6. The highest BCUT2D eigenvalue weighted by atomic mass is 79.9. The zero-order valence-electron chi connectivity index (χ0n) is 12.8. The second-order valence-corrected chi connectivity index (χ2v) is 7.94. The second-order valence-electron chi connectivity index (χ2n) is 5.11. The summed E-state index contributed by atoms with van der Waals surface area (Å²) in [6, 6.07) is 9.05. The maximum Gasteiger partial charge on any atom is 0.273 e. The third-order valence-electron chi connectivity index (χ3n) is 3.54. The average molecular weight is 399 g/mol. The van der Waals surface area contributed by atoms with Gasteiger partial charge in [-0.1, -0.05) is 22.0 Å². The Bertz CT molecular complexity index is 881. The standard InChI is InChI=1S/C15H15BrN2O4S/c1-10-4-6-13(9-15(10)18(19)20)23(21,22)17(3)12-5-7-14(16)11(2)8-12/h4-9H,1-3H3. The van der Waals surface area contributed by atoms with Crippen LogP contribution in [0, 0.1) is 24.0 Å². The van der Waals surface area contributed by atoms with E-state index >= 15 is 0 Å². The number of aryl methyl sites for hydroxylation is 2. The first kappa shape index (κ1) is 17.4. The predicted molar refractivity (Wildman–Crippen MR) is 92.3 cm³/mol. The van der Waals surface area contributed by atoms with Crippen LogP contribution in [0.15, 0.2) is 45.8 Å². The number of sulfonamides is 1. The largest absolute Gasteiger partial charge is 0.273 e. The van der Waals surface area contributed by atoms with Crippen LogP contribution in [0.1, 0.15) is 11.1 Å². The normalized spacial score (nSPS) is 11.3. The molecule has 0 radical (unpaired) electrons. The Hall–Kier alpha value is -1.93. The lowest BCUT2D eigenvalue weighted by molar-refractivity contribution is -0.385. The molecule has 8 heteroatoms. The highest BCUT2D eigenvalue weighted by Crippen LogP contribution is 2.28. The van der Waals surface area contributed by atoms with Gasteiger partial charge in [0, 0.05) is 23.2 Å². The molecule has 0 bridgehead atoms. The van der Waals surface area contributed by atoms with Crippen molar-refractivity contribution in [3.8, 4) is 0 Å². The molecule has 2 aromatic carbocycles. The summed E-state index contributed by atoms with van der Waals surface area (Å²) in [7, 11) is -2.46. The molecule has 0 aliphatic carbocycles. The molecule has 0 saturated carbocycles. The van der Waals surface area contributed by atoms with E-state index < -0.39 is 14.9 Å². The molecule has 0 N–H and O–H groups in total. The molecule has 122 valence electrons.